The van der Waals surface area contributed by atoms with E-state index < -0.39 is 10.9 Å². The Kier molecular flexibility index (Phi) is 7.54. The molecule has 0 amide bonds. The first-order chi connectivity index (χ1) is 14.1. The highest BCUT2D eigenvalue weighted by Gasteiger charge is 2.20. The molecule has 1 aliphatic heterocycles. The van der Waals surface area contributed by atoms with E-state index in [1.807, 2.05) is 30.3 Å². The minimum absolute atomic E-state index is 0.00248. The lowest BCUT2D eigenvalue weighted by Crippen LogP contribution is -2.24. The van der Waals surface area contributed by atoms with Crippen LogP contribution in [0.25, 0.3) is 0 Å². The van der Waals surface area contributed by atoms with E-state index in [1.165, 1.54) is 18.2 Å². The largest absolute Gasteiger partial charge is 0.484 e. The van der Waals surface area contributed by atoms with Crippen molar-refractivity contribution in [1.29, 1.82) is 0 Å². The fourth-order valence-electron chi connectivity index (χ4n) is 2.89. The fourth-order valence-corrected chi connectivity index (χ4v) is 2.89. The molecule has 1 fully saturated rings. The maximum Gasteiger partial charge on any atom is 0.338 e. The Balaban J connectivity index is 1.57. The van der Waals surface area contributed by atoms with Crippen molar-refractivity contribution in [2.75, 3.05) is 19.8 Å². The summed E-state index contributed by atoms with van der Waals surface area (Å²) in [5, 5.41) is 11.3. The molecule has 8 nitrogen and oxygen atoms in total. The van der Waals surface area contributed by atoms with Crippen LogP contribution in [-0.2, 0) is 20.8 Å². The monoisotopic (exact) mass is 401 g/mol. The highest BCUT2D eigenvalue weighted by Crippen LogP contribution is 2.28. The summed E-state index contributed by atoms with van der Waals surface area (Å²) < 4.78 is 21.8. The second-order valence-corrected chi connectivity index (χ2v) is 6.52. The first-order valence-electron chi connectivity index (χ1n) is 9.49. The van der Waals surface area contributed by atoms with Gasteiger partial charge in [0.25, 0.3) is 0 Å². The third kappa shape index (κ3) is 6.27. The maximum absolute atomic E-state index is 12.3. The normalized spacial score (nSPS) is 16.2. The Labute approximate surface area is 168 Å². The molecule has 2 aromatic carbocycles. The second-order valence-electron chi connectivity index (χ2n) is 6.52. The average Bonchev–Trinajstić information content (AvgIpc) is 2.76. The van der Waals surface area contributed by atoms with E-state index in [2.05, 4.69) is 0 Å². The summed E-state index contributed by atoms with van der Waals surface area (Å²) in [6, 6.07) is 13.2. The van der Waals surface area contributed by atoms with Gasteiger partial charge < -0.3 is 18.9 Å². The van der Waals surface area contributed by atoms with E-state index in [-0.39, 0.29) is 43.1 Å². The number of rotatable bonds is 9. The smallest absolute Gasteiger partial charge is 0.338 e. The Bertz CT molecular complexity index is 819. The SMILES string of the molecule is O=C(OCc1ccccc1)c1ccc([N+](=O)[O-])c(OCCOC2CCCCO2)c1. The molecule has 0 saturated carbocycles. The van der Waals surface area contributed by atoms with Crippen LogP contribution in [0, 0.1) is 10.1 Å². The molecule has 1 atom stereocenters. The van der Waals surface area contributed by atoms with E-state index >= 15 is 0 Å². The minimum Gasteiger partial charge on any atom is -0.484 e. The second kappa shape index (κ2) is 10.5. The number of carbonyl (C=O) groups excluding carboxylic acids is 1. The van der Waals surface area contributed by atoms with Gasteiger partial charge in [-0.25, -0.2) is 4.79 Å². The van der Waals surface area contributed by atoms with Crippen LogP contribution in [0.5, 0.6) is 5.75 Å². The summed E-state index contributed by atoms with van der Waals surface area (Å²) >= 11 is 0. The summed E-state index contributed by atoms with van der Waals surface area (Å²) in [5.41, 5.74) is 0.804. The van der Waals surface area contributed by atoms with Crippen molar-refractivity contribution in [2.24, 2.45) is 0 Å². The fraction of sp³-hybridized carbons (Fsp3) is 0.381. The number of nitro benzene ring substituents is 1. The van der Waals surface area contributed by atoms with Crippen molar-refractivity contribution in [1.82, 2.24) is 0 Å². The number of ether oxygens (including phenoxy) is 4. The van der Waals surface area contributed by atoms with Crippen LogP contribution in [0.4, 0.5) is 5.69 Å². The molecular weight excluding hydrogens is 378 g/mol. The molecule has 154 valence electrons. The van der Waals surface area contributed by atoms with Crippen molar-refractivity contribution < 1.29 is 28.7 Å². The zero-order valence-corrected chi connectivity index (χ0v) is 16.0. The lowest BCUT2D eigenvalue weighted by molar-refractivity contribution is -0.385. The zero-order valence-electron chi connectivity index (χ0n) is 16.0. The lowest BCUT2D eigenvalue weighted by Gasteiger charge is -2.22. The van der Waals surface area contributed by atoms with E-state index in [4.69, 9.17) is 18.9 Å². The van der Waals surface area contributed by atoms with Crippen LogP contribution in [0.15, 0.2) is 48.5 Å². The predicted molar refractivity (Wildman–Crippen MR) is 104 cm³/mol. The van der Waals surface area contributed by atoms with Gasteiger partial charge in [0.15, 0.2) is 12.0 Å². The van der Waals surface area contributed by atoms with Crippen molar-refractivity contribution in [3.05, 3.63) is 69.8 Å². The molecule has 0 N–H and O–H groups in total. The summed E-state index contributed by atoms with van der Waals surface area (Å²) in [6.45, 7) is 1.11. The average molecular weight is 401 g/mol. The summed E-state index contributed by atoms with van der Waals surface area (Å²) in [5.74, 6) is -0.585. The highest BCUT2D eigenvalue weighted by atomic mass is 16.7. The topological polar surface area (TPSA) is 97.1 Å². The molecule has 8 heteroatoms. The molecule has 0 spiro atoms. The number of hydrogen-bond acceptors (Lipinski definition) is 7. The molecule has 0 aromatic heterocycles. The summed E-state index contributed by atoms with van der Waals surface area (Å²) in [7, 11) is 0. The number of hydrogen-bond donors (Lipinski definition) is 0. The standard InChI is InChI=1S/C21H23NO7/c23-21(29-15-16-6-2-1-3-7-16)17-9-10-18(22(24)25)19(14-17)26-12-13-28-20-8-4-5-11-27-20/h1-3,6-7,9-10,14,20H,4-5,8,11-13,15H2. The van der Waals surface area contributed by atoms with Crippen molar-refractivity contribution >= 4 is 11.7 Å². The summed E-state index contributed by atoms with van der Waals surface area (Å²) in [6.07, 6.45) is 2.63. The van der Waals surface area contributed by atoms with E-state index in [0.29, 0.717) is 6.61 Å². The zero-order chi connectivity index (χ0) is 20.5. The van der Waals surface area contributed by atoms with Crippen molar-refractivity contribution in [3.8, 4) is 5.75 Å². The molecule has 1 unspecified atom stereocenters. The van der Waals surface area contributed by atoms with Gasteiger partial charge in [0.05, 0.1) is 17.1 Å². The number of nitro groups is 1. The molecule has 3 rings (SSSR count). The lowest BCUT2D eigenvalue weighted by atomic mass is 10.2. The Morgan fingerprint density at radius 3 is 2.69 bits per heavy atom. The first-order valence-corrected chi connectivity index (χ1v) is 9.49. The van der Waals surface area contributed by atoms with Crippen LogP contribution in [0.3, 0.4) is 0 Å². The molecule has 1 heterocycles. The van der Waals surface area contributed by atoms with Crippen molar-refractivity contribution in [2.45, 2.75) is 32.2 Å². The van der Waals surface area contributed by atoms with Gasteiger partial charge in [0.1, 0.15) is 13.2 Å². The third-order valence-corrected chi connectivity index (χ3v) is 4.39. The van der Waals surface area contributed by atoms with Gasteiger partial charge >= 0.3 is 11.7 Å². The van der Waals surface area contributed by atoms with Crippen LogP contribution in [0.1, 0.15) is 35.2 Å². The van der Waals surface area contributed by atoms with E-state index in [9.17, 15) is 14.9 Å². The molecule has 2 aromatic rings. The number of nitrogens with zero attached hydrogens (tertiary/aromatic N) is 1. The van der Waals surface area contributed by atoms with Gasteiger partial charge in [0.2, 0.25) is 0 Å². The minimum atomic E-state index is -0.583. The Morgan fingerprint density at radius 2 is 1.97 bits per heavy atom. The molecule has 1 saturated heterocycles. The highest BCUT2D eigenvalue weighted by molar-refractivity contribution is 5.90. The van der Waals surface area contributed by atoms with Gasteiger partial charge in [-0.3, -0.25) is 10.1 Å². The van der Waals surface area contributed by atoms with Crippen LogP contribution < -0.4 is 4.74 Å². The van der Waals surface area contributed by atoms with Crippen LogP contribution in [0.2, 0.25) is 0 Å². The Hall–Kier alpha value is -2.97. The van der Waals surface area contributed by atoms with Gasteiger partial charge in [0, 0.05) is 18.7 Å². The number of carbonyl (C=O) groups is 1. The molecule has 0 radical (unpaired) electrons. The number of esters is 1. The maximum atomic E-state index is 12.3. The van der Waals surface area contributed by atoms with Gasteiger partial charge in [-0.1, -0.05) is 30.3 Å². The molecule has 29 heavy (non-hydrogen) atoms. The van der Waals surface area contributed by atoms with E-state index in [0.717, 1.165) is 24.8 Å². The van der Waals surface area contributed by atoms with Gasteiger partial charge in [-0.15, -0.1) is 0 Å². The molecule has 1 aliphatic rings. The number of benzene rings is 2. The molecule has 0 aliphatic carbocycles. The first kappa shape index (κ1) is 20.8. The summed E-state index contributed by atoms with van der Waals surface area (Å²) in [4.78, 5) is 23.0. The van der Waals surface area contributed by atoms with E-state index in [1.54, 1.807) is 0 Å². The predicted octanol–water partition coefficient (Wildman–Crippen LogP) is 3.87. The third-order valence-electron chi connectivity index (χ3n) is 4.39. The quantitative estimate of drug-likeness (QED) is 0.272. The van der Waals surface area contributed by atoms with Gasteiger partial charge in [-0.2, -0.15) is 0 Å². The van der Waals surface area contributed by atoms with Gasteiger partial charge in [-0.05, 0) is 30.9 Å². The van der Waals surface area contributed by atoms with Crippen LogP contribution >= 0.6 is 0 Å². The van der Waals surface area contributed by atoms with Crippen molar-refractivity contribution in [3.63, 3.8) is 0 Å². The molecular formula is C21H23NO7. The van der Waals surface area contributed by atoms with Crippen LogP contribution in [-0.4, -0.2) is 37.0 Å². The molecule has 0 bridgehead atoms. The Morgan fingerprint density at radius 1 is 1.14 bits per heavy atom.